The molecule has 4 aromatic rings. The number of anilines is 2. The second-order valence-corrected chi connectivity index (χ2v) is 11.9. The first-order valence-electron chi connectivity index (χ1n) is 15.8. The molecule has 3 aromatic heterocycles. The summed E-state index contributed by atoms with van der Waals surface area (Å²) >= 11 is 0. The Bertz CT molecular complexity index is 2080. The summed E-state index contributed by atoms with van der Waals surface area (Å²) < 4.78 is 62.2. The lowest BCUT2D eigenvalue weighted by molar-refractivity contribution is -0.140. The number of aromatic hydroxyl groups is 1. The van der Waals surface area contributed by atoms with Gasteiger partial charge in [-0.25, -0.2) is 14.4 Å². The van der Waals surface area contributed by atoms with Crippen LogP contribution >= 0.6 is 0 Å². The third kappa shape index (κ3) is 6.49. The van der Waals surface area contributed by atoms with Crippen molar-refractivity contribution in [2.75, 3.05) is 49.6 Å². The number of carbonyl (C=O) groups excluding carboxylic acids is 2. The molecule has 0 saturated carbocycles. The second-order valence-electron chi connectivity index (χ2n) is 11.9. The van der Waals surface area contributed by atoms with Crippen LogP contribution < -0.4 is 15.8 Å². The first kappa shape index (κ1) is 34.5. The number of fused-ring (bicyclic) bond motifs is 1. The summed E-state index contributed by atoms with van der Waals surface area (Å²) in [6.45, 7) is 5.77. The zero-order chi connectivity index (χ0) is 35.9. The molecule has 0 aliphatic carbocycles. The van der Waals surface area contributed by atoms with Gasteiger partial charge in [0.05, 0.1) is 30.2 Å². The molecule has 6 rings (SSSR count). The molecule has 5 heterocycles. The Morgan fingerprint density at radius 2 is 1.84 bits per heavy atom. The van der Waals surface area contributed by atoms with Gasteiger partial charge in [0.25, 0.3) is 11.5 Å². The minimum Gasteiger partial charge on any atom is -0.504 e. The van der Waals surface area contributed by atoms with E-state index < -0.39 is 41.5 Å². The number of amides is 2. The van der Waals surface area contributed by atoms with Crippen molar-refractivity contribution in [1.82, 2.24) is 34.0 Å². The molecule has 0 unspecified atom stereocenters. The van der Waals surface area contributed by atoms with E-state index in [4.69, 9.17) is 4.74 Å². The lowest BCUT2D eigenvalue weighted by Gasteiger charge is -2.36. The van der Waals surface area contributed by atoms with Crippen LogP contribution in [0.3, 0.4) is 0 Å². The summed E-state index contributed by atoms with van der Waals surface area (Å²) in [4.78, 5) is 56.6. The van der Waals surface area contributed by atoms with Gasteiger partial charge in [0.15, 0.2) is 17.3 Å². The summed E-state index contributed by atoms with van der Waals surface area (Å²) in [5.74, 6) is -2.70. The van der Waals surface area contributed by atoms with E-state index in [0.717, 1.165) is 10.1 Å². The fraction of sp³-hybridized carbons (Fsp3) is 0.406. The summed E-state index contributed by atoms with van der Waals surface area (Å²) in [5.41, 5.74) is -0.543. The van der Waals surface area contributed by atoms with Crippen LogP contribution in [0.1, 0.15) is 52.2 Å². The van der Waals surface area contributed by atoms with Crippen LogP contribution in [0.15, 0.2) is 29.3 Å². The summed E-state index contributed by atoms with van der Waals surface area (Å²) in [6, 6.07) is 1.25. The number of piperazine rings is 1. The van der Waals surface area contributed by atoms with E-state index in [1.165, 1.54) is 22.7 Å². The molecule has 1 saturated heterocycles. The minimum atomic E-state index is -4.91. The number of aromatic nitrogens is 6. The molecule has 1 aromatic carbocycles. The van der Waals surface area contributed by atoms with Crippen LogP contribution in [-0.2, 0) is 28.7 Å². The Morgan fingerprint density at radius 3 is 2.50 bits per heavy atom. The molecule has 2 amide bonds. The Morgan fingerprint density at radius 1 is 1.10 bits per heavy atom. The van der Waals surface area contributed by atoms with E-state index in [-0.39, 0.29) is 78.3 Å². The largest absolute Gasteiger partial charge is 0.504 e. The predicted octanol–water partition coefficient (Wildman–Crippen LogP) is 3.13. The highest BCUT2D eigenvalue weighted by Gasteiger charge is 2.35. The molecule has 50 heavy (non-hydrogen) atoms. The Kier molecular flexibility index (Phi) is 9.30. The number of ether oxygens (including phenoxy) is 1. The predicted molar refractivity (Wildman–Crippen MR) is 171 cm³/mol. The van der Waals surface area contributed by atoms with Crippen LogP contribution in [0, 0.1) is 19.7 Å². The highest BCUT2D eigenvalue weighted by Crippen LogP contribution is 2.34. The van der Waals surface area contributed by atoms with E-state index >= 15 is 0 Å². The smallest absolute Gasteiger partial charge is 0.419 e. The average Bonchev–Trinajstić information content (AvgIpc) is 3.54. The number of halogens is 4. The molecular weight excluding hydrogens is 666 g/mol. The maximum absolute atomic E-state index is 14.4. The molecule has 0 spiro atoms. The second kappa shape index (κ2) is 13.5. The number of hydrogen-bond acceptors (Lipinski definition) is 10. The molecule has 2 N–H and O–H groups in total. The number of rotatable bonds is 7. The molecule has 2 aliphatic rings. The number of benzene rings is 1. The number of alkyl halides is 3. The van der Waals surface area contributed by atoms with E-state index in [2.05, 4.69) is 25.4 Å². The van der Waals surface area contributed by atoms with E-state index in [0.29, 0.717) is 37.5 Å². The van der Waals surface area contributed by atoms with Gasteiger partial charge < -0.3 is 29.5 Å². The molecule has 0 radical (unpaired) electrons. The standard InChI is InChI=1S/C32H33F4N9O5/c1-4-23-26(42-7-9-43(10-8-42)29(48)25-27(47)18(3)37-16-38-25)30(49)45-31(40-28(41-45)19-5-11-50-12-6-19)44(23)15-24(46)39-22-14-21(33)20(13-17(22)2)32(34,35)36/h5,13-14,16,47H,4,6-12,15H2,1-3H3,(H,39,46). The third-order valence-corrected chi connectivity index (χ3v) is 8.70. The molecule has 18 heteroatoms. The van der Waals surface area contributed by atoms with E-state index in [1.807, 2.05) is 0 Å². The van der Waals surface area contributed by atoms with Crippen molar-refractivity contribution in [3.8, 4) is 5.75 Å². The Hall–Kier alpha value is -5.39. The maximum atomic E-state index is 14.4. The van der Waals surface area contributed by atoms with Crippen molar-refractivity contribution in [2.45, 2.75) is 46.3 Å². The third-order valence-electron chi connectivity index (χ3n) is 8.70. The van der Waals surface area contributed by atoms with Crippen molar-refractivity contribution in [3.63, 3.8) is 0 Å². The number of hydrogen-bond donors (Lipinski definition) is 2. The fourth-order valence-electron chi connectivity index (χ4n) is 6.07. The van der Waals surface area contributed by atoms with Crippen molar-refractivity contribution >= 4 is 34.5 Å². The van der Waals surface area contributed by atoms with Gasteiger partial charge in [-0.05, 0) is 50.0 Å². The van der Waals surface area contributed by atoms with E-state index in [1.54, 1.807) is 24.8 Å². The van der Waals surface area contributed by atoms with Gasteiger partial charge in [-0.15, -0.1) is 5.10 Å². The lowest BCUT2D eigenvalue weighted by Crippen LogP contribution is -2.51. The molecule has 0 bridgehead atoms. The lowest BCUT2D eigenvalue weighted by atomic mass is 10.1. The first-order chi connectivity index (χ1) is 23.8. The maximum Gasteiger partial charge on any atom is 0.419 e. The van der Waals surface area contributed by atoms with Gasteiger partial charge >= 0.3 is 6.18 Å². The SMILES string of the molecule is CCc1c(N2CCN(C(=O)c3ncnc(C)c3O)CC2)c(=O)n2nc(C3=CCOCC3)nc2n1CC(=O)Nc1cc(F)c(C(F)(F)F)cc1C. The first-order valence-corrected chi connectivity index (χ1v) is 15.8. The summed E-state index contributed by atoms with van der Waals surface area (Å²) in [6.07, 6.45) is -1.16. The highest BCUT2D eigenvalue weighted by molar-refractivity contribution is 5.95. The minimum absolute atomic E-state index is 0.00242. The van der Waals surface area contributed by atoms with Crippen LogP contribution in [-0.4, -0.2) is 90.3 Å². The van der Waals surface area contributed by atoms with Gasteiger partial charge in [-0.3, -0.25) is 14.4 Å². The quantitative estimate of drug-likeness (QED) is 0.275. The van der Waals surface area contributed by atoms with Gasteiger partial charge in [-0.1, -0.05) is 13.0 Å². The van der Waals surface area contributed by atoms with Gasteiger partial charge in [-0.2, -0.15) is 22.7 Å². The fourth-order valence-corrected chi connectivity index (χ4v) is 6.07. The van der Waals surface area contributed by atoms with Crippen LogP contribution in [0.2, 0.25) is 0 Å². The average molecular weight is 700 g/mol. The molecular formula is C32H33F4N9O5. The summed E-state index contributed by atoms with van der Waals surface area (Å²) in [5, 5.41) is 17.4. The van der Waals surface area contributed by atoms with E-state index in [9.17, 15) is 37.1 Å². The number of nitrogens with one attached hydrogen (secondary N) is 1. The van der Waals surface area contributed by atoms with Gasteiger partial charge in [0, 0.05) is 31.9 Å². The van der Waals surface area contributed by atoms with Crippen molar-refractivity contribution in [2.24, 2.45) is 0 Å². The molecule has 264 valence electrons. The van der Waals surface area contributed by atoms with Crippen LogP contribution in [0.4, 0.5) is 28.9 Å². The molecule has 14 nitrogen and oxygen atoms in total. The molecule has 2 aliphatic heterocycles. The van der Waals surface area contributed by atoms with Gasteiger partial charge in [0.1, 0.15) is 24.4 Å². The summed E-state index contributed by atoms with van der Waals surface area (Å²) in [7, 11) is 0. The Labute approximate surface area is 282 Å². The van der Waals surface area contributed by atoms with Crippen molar-refractivity contribution in [3.05, 3.63) is 74.7 Å². The number of carbonyl (C=O) groups is 2. The zero-order valence-electron chi connectivity index (χ0n) is 27.3. The highest BCUT2D eigenvalue weighted by atomic mass is 19.4. The number of aryl methyl sites for hydroxylation is 2. The number of nitrogens with zero attached hydrogens (tertiary/aromatic N) is 8. The zero-order valence-corrected chi connectivity index (χ0v) is 27.3. The normalized spacial score (nSPS) is 15.4. The Balaban J connectivity index is 1.36. The monoisotopic (exact) mass is 699 g/mol. The van der Waals surface area contributed by atoms with Crippen molar-refractivity contribution in [1.29, 1.82) is 0 Å². The van der Waals surface area contributed by atoms with Crippen LogP contribution in [0.5, 0.6) is 5.75 Å². The van der Waals surface area contributed by atoms with Gasteiger partial charge in [0.2, 0.25) is 11.7 Å². The van der Waals surface area contributed by atoms with Crippen molar-refractivity contribution < 1.29 is 37.0 Å². The topological polar surface area (TPSA) is 160 Å². The van der Waals surface area contributed by atoms with Crippen LogP contribution in [0.25, 0.3) is 11.4 Å². The molecule has 1 fully saturated rings. The molecule has 0 atom stereocenters.